The Labute approximate surface area is 294 Å². The average molecular weight is 738 g/mol. The van der Waals surface area contributed by atoms with E-state index in [-0.39, 0.29) is 38.1 Å². The SMILES string of the molecule is NC(=O)[C@@H]1CCCNC(=O)[C@H](Cc2ccc(Br)cc2)NC(=O)[C@H](Cc2ccccc2)NC(=O)[C@H](CC2CCCCC2)NC(=O)/C=C/C(=O)N1. The van der Waals surface area contributed by atoms with Crippen LogP contribution in [-0.4, -0.2) is 66.2 Å². The molecule has 1 saturated carbocycles. The van der Waals surface area contributed by atoms with Crippen LogP contribution in [0, 0.1) is 5.92 Å². The van der Waals surface area contributed by atoms with E-state index in [0.29, 0.717) is 6.42 Å². The maximum absolute atomic E-state index is 14.0. The van der Waals surface area contributed by atoms with Crippen LogP contribution >= 0.6 is 15.9 Å². The Morgan fingerprint density at radius 3 is 1.86 bits per heavy atom. The van der Waals surface area contributed by atoms with Crippen LogP contribution in [0.25, 0.3) is 0 Å². The van der Waals surface area contributed by atoms with Crippen molar-refractivity contribution < 1.29 is 28.8 Å². The fraction of sp³-hybridized carbons (Fsp3) is 0.444. The van der Waals surface area contributed by atoms with E-state index in [1.807, 2.05) is 54.6 Å². The first-order valence-corrected chi connectivity index (χ1v) is 17.6. The van der Waals surface area contributed by atoms with Crippen molar-refractivity contribution >= 4 is 51.4 Å². The molecule has 0 spiro atoms. The number of primary amides is 1. The number of benzene rings is 2. The second-order valence-electron chi connectivity index (χ2n) is 12.7. The quantitative estimate of drug-likeness (QED) is 0.253. The Morgan fingerprint density at radius 1 is 0.653 bits per heavy atom. The van der Waals surface area contributed by atoms with Gasteiger partial charge in [0, 0.05) is 36.0 Å². The maximum atomic E-state index is 14.0. The van der Waals surface area contributed by atoms with Gasteiger partial charge < -0.3 is 32.3 Å². The minimum absolute atomic E-state index is 0.131. The van der Waals surface area contributed by atoms with Crippen LogP contribution in [0.2, 0.25) is 0 Å². The van der Waals surface area contributed by atoms with E-state index in [2.05, 4.69) is 42.5 Å². The van der Waals surface area contributed by atoms with Crippen LogP contribution < -0.4 is 32.3 Å². The fourth-order valence-corrected chi connectivity index (χ4v) is 6.44. The Bertz CT molecular complexity index is 1500. The molecule has 1 heterocycles. The van der Waals surface area contributed by atoms with Crippen molar-refractivity contribution in [2.75, 3.05) is 6.54 Å². The standard InChI is InChI=1S/C36H45BrN6O6/c37-26-15-13-25(14-16-26)22-28-34(47)39-19-7-12-27(33(38)46)40-31(44)17-18-32(45)41-29(20-23-8-3-1-4-9-23)35(48)43-30(36(49)42-28)21-24-10-5-2-6-11-24/h2,5-6,10-11,13-18,23,27-30H,1,3-4,7-9,12,19-22H2,(H2,38,46)(H,39,47)(H,40,44)(H,41,45)(H,42,49)(H,43,48)/b18-17+/t27-,28-,29-,30-/m0/s1. The molecule has 1 fully saturated rings. The van der Waals surface area contributed by atoms with Gasteiger partial charge in [-0.3, -0.25) is 28.8 Å². The number of hydrogen-bond donors (Lipinski definition) is 6. The predicted molar refractivity (Wildman–Crippen MR) is 187 cm³/mol. The van der Waals surface area contributed by atoms with Crippen molar-refractivity contribution in [3.8, 4) is 0 Å². The van der Waals surface area contributed by atoms with Crippen molar-refractivity contribution in [3.05, 3.63) is 82.3 Å². The van der Waals surface area contributed by atoms with E-state index in [9.17, 15) is 28.8 Å². The Hall–Kier alpha value is -4.52. The molecule has 2 aromatic rings. The highest BCUT2D eigenvalue weighted by Crippen LogP contribution is 2.27. The second-order valence-corrected chi connectivity index (χ2v) is 13.6. The summed E-state index contributed by atoms with van der Waals surface area (Å²) in [5, 5.41) is 13.8. The molecule has 2 aliphatic rings. The van der Waals surface area contributed by atoms with E-state index in [0.717, 1.165) is 59.9 Å². The zero-order valence-electron chi connectivity index (χ0n) is 27.4. The van der Waals surface area contributed by atoms with Gasteiger partial charge in [0.25, 0.3) is 0 Å². The third kappa shape index (κ3) is 12.5. The lowest BCUT2D eigenvalue weighted by Crippen LogP contribution is -2.58. The molecule has 0 aromatic heterocycles. The molecular weight excluding hydrogens is 692 g/mol. The number of hydrogen-bond acceptors (Lipinski definition) is 6. The molecule has 0 bridgehead atoms. The van der Waals surface area contributed by atoms with Crippen LogP contribution in [-0.2, 0) is 41.6 Å². The van der Waals surface area contributed by atoms with Crippen LogP contribution in [0.4, 0.5) is 0 Å². The summed E-state index contributed by atoms with van der Waals surface area (Å²) in [6.07, 6.45) is 8.05. The number of nitrogens with one attached hydrogen (secondary N) is 5. The van der Waals surface area contributed by atoms with Crippen molar-refractivity contribution in [3.63, 3.8) is 0 Å². The molecule has 13 heteroatoms. The molecule has 4 rings (SSSR count). The molecule has 49 heavy (non-hydrogen) atoms. The smallest absolute Gasteiger partial charge is 0.244 e. The third-order valence-corrected chi connectivity index (χ3v) is 9.37. The summed E-state index contributed by atoms with van der Waals surface area (Å²) >= 11 is 3.42. The van der Waals surface area contributed by atoms with Gasteiger partial charge >= 0.3 is 0 Å². The van der Waals surface area contributed by atoms with Crippen LogP contribution in [0.15, 0.2) is 71.2 Å². The van der Waals surface area contributed by atoms with E-state index in [4.69, 9.17) is 5.73 Å². The summed E-state index contributed by atoms with van der Waals surface area (Å²) in [6, 6.07) is 12.5. The second kappa shape index (κ2) is 18.9. The van der Waals surface area contributed by atoms with Gasteiger partial charge in [-0.1, -0.05) is 90.5 Å². The van der Waals surface area contributed by atoms with E-state index in [1.165, 1.54) is 0 Å². The molecule has 2 aromatic carbocycles. The number of nitrogens with two attached hydrogens (primary N) is 1. The minimum atomic E-state index is -1.07. The molecule has 0 unspecified atom stereocenters. The first kappa shape index (κ1) is 37.3. The molecule has 262 valence electrons. The average Bonchev–Trinajstić information content (AvgIpc) is 3.09. The van der Waals surface area contributed by atoms with Gasteiger partial charge in [-0.15, -0.1) is 0 Å². The van der Waals surface area contributed by atoms with Crippen LogP contribution in [0.3, 0.4) is 0 Å². The van der Waals surface area contributed by atoms with E-state index >= 15 is 0 Å². The highest BCUT2D eigenvalue weighted by atomic mass is 79.9. The largest absolute Gasteiger partial charge is 0.368 e. The van der Waals surface area contributed by atoms with Gasteiger partial charge in [0.1, 0.15) is 24.2 Å². The summed E-state index contributed by atoms with van der Waals surface area (Å²) in [6.45, 7) is 0.135. The summed E-state index contributed by atoms with van der Waals surface area (Å²) in [5.74, 6) is -3.52. The molecule has 6 amide bonds. The first-order chi connectivity index (χ1) is 23.6. The van der Waals surface area contributed by atoms with Gasteiger partial charge in [-0.2, -0.15) is 0 Å². The van der Waals surface area contributed by atoms with Gasteiger partial charge in [0.2, 0.25) is 35.4 Å². The van der Waals surface area contributed by atoms with Gasteiger partial charge in [0.05, 0.1) is 0 Å². The van der Waals surface area contributed by atoms with Gasteiger partial charge in [0.15, 0.2) is 0 Å². The summed E-state index contributed by atoms with van der Waals surface area (Å²) < 4.78 is 0.858. The summed E-state index contributed by atoms with van der Waals surface area (Å²) in [7, 11) is 0. The van der Waals surface area contributed by atoms with E-state index in [1.54, 1.807) is 0 Å². The van der Waals surface area contributed by atoms with Crippen molar-refractivity contribution in [2.24, 2.45) is 11.7 Å². The molecular formula is C36H45BrN6O6. The molecule has 7 N–H and O–H groups in total. The number of halogens is 1. The molecule has 1 aliphatic heterocycles. The lowest BCUT2D eigenvalue weighted by Gasteiger charge is -2.28. The highest BCUT2D eigenvalue weighted by molar-refractivity contribution is 9.10. The summed E-state index contributed by atoms with van der Waals surface area (Å²) in [4.78, 5) is 79.1. The topological polar surface area (TPSA) is 189 Å². The number of carbonyl (C=O) groups excluding carboxylic acids is 6. The monoisotopic (exact) mass is 736 g/mol. The molecule has 4 atom stereocenters. The number of carbonyl (C=O) groups is 6. The zero-order chi connectivity index (χ0) is 35.2. The lowest BCUT2D eigenvalue weighted by molar-refractivity contribution is -0.133. The van der Waals surface area contributed by atoms with Gasteiger partial charge in [-0.25, -0.2) is 0 Å². The lowest BCUT2D eigenvalue weighted by atomic mass is 9.84. The van der Waals surface area contributed by atoms with Crippen LogP contribution in [0.5, 0.6) is 0 Å². The Morgan fingerprint density at radius 2 is 1.22 bits per heavy atom. The minimum Gasteiger partial charge on any atom is -0.368 e. The molecule has 0 saturated heterocycles. The maximum Gasteiger partial charge on any atom is 0.244 e. The Balaban J connectivity index is 1.65. The number of amides is 6. The summed E-state index contributed by atoms with van der Waals surface area (Å²) in [5.41, 5.74) is 7.10. The first-order valence-electron chi connectivity index (χ1n) is 16.8. The van der Waals surface area contributed by atoms with Crippen molar-refractivity contribution in [1.82, 2.24) is 26.6 Å². The normalized spacial score (nSPS) is 24.5. The number of rotatable bonds is 7. The zero-order valence-corrected chi connectivity index (χ0v) is 29.0. The molecule has 12 nitrogen and oxygen atoms in total. The fourth-order valence-electron chi connectivity index (χ4n) is 6.17. The Kier molecular flexibility index (Phi) is 14.4. The molecule has 1 aliphatic carbocycles. The highest BCUT2D eigenvalue weighted by Gasteiger charge is 2.32. The van der Waals surface area contributed by atoms with Gasteiger partial charge in [-0.05, 0) is 48.4 Å². The van der Waals surface area contributed by atoms with Crippen molar-refractivity contribution in [2.45, 2.75) is 88.4 Å². The van der Waals surface area contributed by atoms with E-state index < -0.39 is 59.6 Å². The predicted octanol–water partition coefficient (Wildman–Crippen LogP) is 2.10. The molecule has 0 radical (unpaired) electrons. The van der Waals surface area contributed by atoms with Crippen LogP contribution in [0.1, 0.15) is 62.5 Å². The van der Waals surface area contributed by atoms with Crippen molar-refractivity contribution in [1.29, 1.82) is 0 Å². The third-order valence-electron chi connectivity index (χ3n) is 8.84.